The summed E-state index contributed by atoms with van der Waals surface area (Å²) in [6.07, 6.45) is 0. The molecule has 23 heavy (non-hydrogen) atoms. The first-order chi connectivity index (χ1) is 11.3. The first-order valence-electron chi connectivity index (χ1n) is 7.55. The van der Waals surface area contributed by atoms with Gasteiger partial charge in [0.2, 0.25) is 0 Å². The lowest BCUT2D eigenvalue weighted by atomic mass is 10.0. The van der Waals surface area contributed by atoms with Gasteiger partial charge in [-0.25, -0.2) is 4.98 Å². The maximum atomic E-state index is 13.0. The van der Waals surface area contributed by atoms with Crippen LogP contribution >= 0.6 is 0 Å². The number of benzene rings is 3. The molecule has 2 aromatic heterocycles. The summed E-state index contributed by atoms with van der Waals surface area (Å²) in [7, 11) is 1.90. The number of para-hydroxylation sites is 2. The van der Waals surface area contributed by atoms with Crippen LogP contribution in [-0.2, 0) is 0 Å². The topological polar surface area (TPSA) is 46.4 Å². The summed E-state index contributed by atoms with van der Waals surface area (Å²) in [4.78, 5) is 17.7. The monoisotopic (exact) mass is 299 g/mol. The Balaban J connectivity index is 2.20. The van der Waals surface area contributed by atoms with Gasteiger partial charge in [0.15, 0.2) is 0 Å². The van der Waals surface area contributed by atoms with E-state index >= 15 is 0 Å². The SMILES string of the molecule is CNc1cc2cccc3c(=O)n4c5ccccc5nc4c(c1)c23. The van der Waals surface area contributed by atoms with Gasteiger partial charge in [-0.1, -0.05) is 24.3 Å². The smallest absolute Gasteiger partial charge is 0.264 e. The molecule has 5 aromatic rings. The van der Waals surface area contributed by atoms with Crippen LogP contribution in [0, 0.1) is 0 Å². The Morgan fingerprint density at radius 3 is 2.74 bits per heavy atom. The fourth-order valence-electron chi connectivity index (χ4n) is 3.46. The molecule has 0 amide bonds. The molecule has 0 aliphatic rings. The summed E-state index contributed by atoms with van der Waals surface area (Å²) in [6, 6.07) is 17.8. The molecule has 4 heteroatoms. The molecule has 0 aliphatic heterocycles. The highest BCUT2D eigenvalue weighted by atomic mass is 16.1. The Morgan fingerprint density at radius 1 is 1.00 bits per heavy atom. The number of imidazole rings is 1. The Hall–Kier alpha value is -3.14. The molecule has 0 saturated carbocycles. The molecule has 0 spiro atoms. The van der Waals surface area contributed by atoms with Gasteiger partial charge >= 0.3 is 0 Å². The van der Waals surface area contributed by atoms with Crippen molar-refractivity contribution in [2.45, 2.75) is 0 Å². The fraction of sp³-hybridized carbons (Fsp3) is 0.0526. The first-order valence-corrected chi connectivity index (χ1v) is 7.55. The minimum absolute atomic E-state index is 0.0102. The van der Waals surface area contributed by atoms with E-state index in [1.54, 1.807) is 4.40 Å². The van der Waals surface area contributed by atoms with Crippen LogP contribution < -0.4 is 10.9 Å². The van der Waals surface area contributed by atoms with E-state index in [0.717, 1.165) is 43.9 Å². The Morgan fingerprint density at radius 2 is 1.87 bits per heavy atom. The maximum absolute atomic E-state index is 13.0. The highest BCUT2D eigenvalue weighted by Crippen LogP contribution is 2.32. The zero-order valence-corrected chi connectivity index (χ0v) is 12.5. The van der Waals surface area contributed by atoms with E-state index in [1.807, 2.05) is 49.5 Å². The second-order valence-electron chi connectivity index (χ2n) is 5.74. The first kappa shape index (κ1) is 12.4. The van der Waals surface area contributed by atoms with E-state index in [4.69, 9.17) is 4.98 Å². The van der Waals surface area contributed by atoms with Crippen molar-refractivity contribution < 1.29 is 0 Å². The number of pyridine rings is 1. The number of nitrogens with zero attached hydrogens (tertiary/aromatic N) is 2. The molecule has 0 bridgehead atoms. The summed E-state index contributed by atoms with van der Waals surface area (Å²) in [5.41, 5.74) is 3.41. The molecule has 2 heterocycles. The third-order valence-electron chi connectivity index (χ3n) is 4.50. The van der Waals surface area contributed by atoms with Gasteiger partial charge in [0, 0.05) is 28.9 Å². The molecule has 1 N–H and O–H groups in total. The van der Waals surface area contributed by atoms with Gasteiger partial charge in [-0.2, -0.15) is 0 Å². The summed E-state index contributed by atoms with van der Waals surface area (Å²) in [5.74, 6) is 0. The highest BCUT2D eigenvalue weighted by molar-refractivity contribution is 6.16. The average Bonchev–Trinajstić information content (AvgIpc) is 2.98. The zero-order valence-electron chi connectivity index (χ0n) is 12.5. The standard InChI is InChI=1S/C19H13N3O/c1-20-12-9-11-5-4-6-13-17(11)14(10-12)18-21-15-7-2-3-8-16(15)22(18)19(13)23/h2-10,20H,1H3. The number of rotatable bonds is 1. The second-order valence-corrected chi connectivity index (χ2v) is 5.74. The largest absolute Gasteiger partial charge is 0.388 e. The van der Waals surface area contributed by atoms with Crippen molar-refractivity contribution in [1.82, 2.24) is 9.38 Å². The molecule has 0 fully saturated rings. The maximum Gasteiger partial charge on any atom is 0.264 e. The van der Waals surface area contributed by atoms with E-state index in [9.17, 15) is 4.79 Å². The minimum Gasteiger partial charge on any atom is -0.388 e. The van der Waals surface area contributed by atoms with Gasteiger partial charge < -0.3 is 5.32 Å². The molecular formula is C19H13N3O. The number of nitrogens with one attached hydrogen (secondary N) is 1. The molecule has 0 unspecified atom stereocenters. The van der Waals surface area contributed by atoms with Crippen molar-refractivity contribution in [2.24, 2.45) is 0 Å². The Labute approximate surface area is 131 Å². The quantitative estimate of drug-likeness (QED) is 0.514. The molecule has 0 saturated heterocycles. The third kappa shape index (κ3) is 1.50. The van der Waals surface area contributed by atoms with Crippen molar-refractivity contribution in [3.63, 3.8) is 0 Å². The van der Waals surface area contributed by atoms with Crippen LogP contribution in [0.3, 0.4) is 0 Å². The van der Waals surface area contributed by atoms with Crippen LogP contribution in [0.25, 0.3) is 38.2 Å². The van der Waals surface area contributed by atoms with Gasteiger partial charge in [-0.3, -0.25) is 9.20 Å². The van der Waals surface area contributed by atoms with Crippen LogP contribution in [0.5, 0.6) is 0 Å². The summed E-state index contributed by atoms with van der Waals surface area (Å²) >= 11 is 0. The Bertz CT molecular complexity index is 1270. The van der Waals surface area contributed by atoms with Crippen molar-refractivity contribution in [2.75, 3.05) is 12.4 Å². The van der Waals surface area contributed by atoms with Crippen LogP contribution in [0.4, 0.5) is 5.69 Å². The Kier molecular flexibility index (Phi) is 2.26. The van der Waals surface area contributed by atoms with E-state index in [-0.39, 0.29) is 5.56 Å². The number of hydrogen-bond donors (Lipinski definition) is 1. The van der Waals surface area contributed by atoms with Crippen LogP contribution in [-0.4, -0.2) is 16.4 Å². The normalized spacial score (nSPS) is 11.9. The van der Waals surface area contributed by atoms with Gasteiger partial charge in [-0.05, 0) is 35.7 Å². The van der Waals surface area contributed by atoms with Gasteiger partial charge in [0.1, 0.15) is 5.65 Å². The minimum atomic E-state index is -0.0102. The molecule has 0 radical (unpaired) electrons. The van der Waals surface area contributed by atoms with Crippen LogP contribution in [0.15, 0.2) is 59.4 Å². The second kappa shape index (κ2) is 4.20. The molecule has 4 nitrogen and oxygen atoms in total. The molecule has 110 valence electrons. The summed E-state index contributed by atoms with van der Waals surface area (Å²) in [6.45, 7) is 0. The van der Waals surface area contributed by atoms with Crippen LogP contribution in [0.2, 0.25) is 0 Å². The van der Waals surface area contributed by atoms with Crippen molar-refractivity contribution >= 4 is 43.9 Å². The van der Waals surface area contributed by atoms with Gasteiger partial charge in [0.25, 0.3) is 5.56 Å². The summed E-state index contributed by atoms with van der Waals surface area (Å²) < 4.78 is 1.73. The molecular weight excluding hydrogens is 286 g/mol. The lowest BCUT2D eigenvalue weighted by molar-refractivity contribution is 1.19. The fourth-order valence-corrected chi connectivity index (χ4v) is 3.46. The van der Waals surface area contributed by atoms with E-state index in [1.165, 1.54) is 0 Å². The van der Waals surface area contributed by atoms with E-state index in [0.29, 0.717) is 0 Å². The van der Waals surface area contributed by atoms with Crippen molar-refractivity contribution in [3.05, 3.63) is 65.0 Å². The molecule has 0 aliphatic carbocycles. The number of hydrogen-bond acceptors (Lipinski definition) is 3. The van der Waals surface area contributed by atoms with E-state index < -0.39 is 0 Å². The van der Waals surface area contributed by atoms with Gasteiger partial charge in [0.05, 0.1) is 11.0 Å². The van der Waals surface area contributed by atoms with Gasteiger partial charge in [-0.15, -0.1) is 0 Å². The lowest BCUT2D eigenvalue weighted by Gasteiger charge is -2.09. The zero-order chi connectivity index (χ0) is 15.6. The average molecular weight is 299 g/mol. The molecule has 3 aromatic carbocycles. The number of fused-ring (bicyclic) bond motifs is 4. The molecule has 5 rings (SSSR count). The lowest BCUT2D eigenvalue weighted by Crippen LogP contribution is -2.13. The number of aromatic nitrogens is 2. The predicted molar refractivity (Wildman–Crippen MR) is 94.7 cm³/mol. The highest BCUT2D eigenvalue weighted by Gasteiger charge is 2.16. The summed E-state index contributed by atoms with van der Waals surface area (Å²) in [5, 5.41) is 6.96. The number of anilines is 1. The molecule has 0 atom stereocenters. The third-order valence-corrected chi connectivity index (χ3v) is 4.50. The predicted octanol–water partition coefficient (Wildman–Crippen LogP) is 3.63. The van der Waals surface area contributed by atoms with Crippen molar-refractivity contribution in [1.29, 1.82) is 0 Å². The van der Waals surface area contributed by atoms with Crippen molar-refractivity contribution in [3.8, 4) is 0 Å². The van der Waals surface area contributed by atoms with E-state index in [2.05, 4.69) is 17.4 Å². The van der Waals surface area contributed by atoms with Crippen LogP contribution in [0.1, 0.15) is 0 Å².